The molecule has 5 nitrogen and oxygen atoms in total. The van der Waals surface area contributed by atoms with Gasteiger partial charge in [-0.05, 0) is 30.7 Å². The Morgan fingerprint density at radius 1 is 1.29 bits per heavy atom. The Balaban J connectivity index is 1.55. The van der Waals surface area contributed by atoms with Gasteiger partial charge in [-0.3, -0.25) is 4.79 Å². The summed E-state index contributed by atoms with van der Waals surface area (Å²) in [6.45, 7) is 2.49. The Morgan fingerprint density at radius 2 is 2.12 bits per heavy atom. The molecule has 6 heteroatoms. The maximum absolute atomic E-state index is 12.0. The van der Waals surface area contributed by atoms with E-state index in [0.717, 1.165) is 27.5 Å². The number of benzene rings is 2. The van der Waals surface area contributed by atoms with E-state index in [1.54, 1.807) is 7.11 Å². The van der Waals surface area contributed by atoms with E-state index in [0.29, 0.717) is 12.3 Å². The molecule has 24 heavy (non-hydrogen) atoms. The maximum atomic E-state index is 12.0. The van der Waals surface area contributed by atoms with Gasteiger partial charge in [0.25, 0.3) is 0 Å². The number of methoxy groups -OCH3 is 1. The van der Waals surface area contributed by atoms with Crippen LogP contribution in [0.25, 0.3) is 11.0 Å². The number of H-pyrrole nitrogens is 1. The van der Waals surface area contributed by atoms with Gasteiger partial charge in [0.1, 0.15) is 5.75 Å². The molecular weight excluding hydrogens is 322 g/mol. The zero-order valence-electron chi connectivity index (χ0n) is 13.6. The molecule has 0 radical (unpaired) electrons. The minimum atomic E-state index is -0.0393. The minimum absolute atomic E-state index is 0.0393. The first-order valence-corrected chi connectivity index (χ1v) is 8.62. The topological polar surface area (TPSA) is 67.0 Å². The van der Waals surface area contributed by atoms with Crippen molar-refractivity contribution in [2.24, 2.45) is 0 Å². The van der Waals surface area contributed by atoms with Crippen molar-refractivity contribution in [1.82, 2.24) is 15.3 Å². The number of nitrogens with one attached hydrogen (secondary N) is 2. The lowest BCUT2D eigenvalue weighted by Gasteiger charge is -2.09. The van der Waals surface area contributed by atoms with E-state index in [9.17, 15) is 4.79 Å². The van der Waals surface area contributed by atoms with Crippen LogP contribution in [0.3, 0.4) is 0 Å². The number of ether oxygens (including phenoxy) is 1. The molecule has 0 saturated heterocycles. The Morgan fingerprint density at radius 3 is 2.96 bits per heavy atom. The van der Waals surface area contributed by atoms with Gasteiger partial charge in [0.15, 0.2) is 5.16 Å². The average molecular weight is 341 g/mol. The molecule has 2 N–H and O–H groups in total. The van der Waals surface area contributed by atoms with E-state index in [4.69, 9.17) is 4.74 Å². The van der Waals surface area contributed by atoms with Crippen molar-refractivity contribution in [3.63, 3.8) is 0 Å². The minimum Gasteiger partial charge on any atom is -0.496 e. The second kappa shape index (κ2) is 7.40. The van der Waals surface area contributed by atoms with E-state index in [1.807, 2.05) is 49.4 Å². The summed E-state index contributed by atoms with van der Waals surface area (Å²) in [5, 5.41) is 3.66. The number of nitrogens with zero attached hydrogens (tertiary/aromatic N) is 1. The first kappa shape index (κ1) is 16.4. The highest BCUT2D eigenvalue weighted by Gasteiger charge is 2.08. The van der Waals surface area contributed by atoms with Crippen LogP contribution < -0.4 is 10.1 Å². The molecule has 0 bridgehead atoms. The molecule has 1 amide bonds. The molecule has 0 saturated carbocycles. The number of carbonyl (C=O) groups excluding carboxylic acids is 1. The molecule has 0 fully saturated rings. The number of amides is 1. The van der Waals surface area contributed by atoms with Gasteiger partial charge in [0.2, 0.25) is 5.91 Å². The third-order valence-electron chi connectivity index (χ3n) is 3.62. The second-order valence-electron chi connectivity index (χ2n) is 5.44. The summed E-state index contributed by atoms with van der Waals surface area (Å²) in [5.41, 5.74) is 4.04. The molecule has 0 unspecified atom stereocenters. The van der Waals surface area contributed by atoms with Crippen molar-refractivity contribution < 1.29 is 9.53 Å². The maximum Gasteiger partial charge on any atom is 0.230 e. The second-order valence-corrected chi connectivity index (χ2v) is 6.40. The first-order valence-electron chi connectivity index (χ1n) is 7.63. The molecule has 0 aliphatic rings. The van der Waals surface area contributed by atoms with Gasteiger partial charge in [0, 0.05) is 12.1 Å². The van der Waals surface area contributed by atoms with E-state index >= 15 is 0 Å². The summed E-state index contributed by atoms with van der Waals surface area (Å²) >= 11 is 1.40. The number of hydrogen-bond acceptors (Lipinski definition) is 4. The van der Waals surface area contributed by atoms with E-state index in [1.165, 1.54) is 17.3 Å². The van der Waals surface area contributed by atoms with Crippen LogP contribution in [-0.2, 0) is 11.3 Å². The van der Waals surface area contributed by atoms with Gasteiger partial charge >= 0.3 is 0 Å². The number of fused-ring (bicyclic) bond motifs is 1. The highest BCUT2D eigenvalue weighted by atomic mass is 32.2. The molecule has 124 valence electrons. The monoisotopic (exact) mass is 341 g/mol. The van der Waals surface area contributed by atoms with Crippen LogP contribution in [0.5, 0.6) is 5.75 Å². The molecule has 2 aromatic carbocycles. The van der Waals surface area contributed by atoms with Crippen LogP contribution in [-0.4, -0.2) is 28.7 Å². The fourth-order valence-corrected chi connectivity index (χ4v) is 3.11. The number of aromatic nitrogens is 2. The van der Waals surface area contributed by atoms with E-state index in [2.05, 4.69) is 15.3 Å². The zero-order chi connectivity index (χ0) is 16.9. The fourth-order valence-electron chi connectivity index (χ4n) is 2.40. The predicted molar refractivity (Wildman–Crippen MR) is 96.4 cm³/mol. The third kappa shape index (κ3) is 3.89. The van der Waals surface area contributed by atoms with Gasteiger partial charge in [-0.2, -0.15) is 0 Å². The summed E-state index contributed by atoms with van der Waals surface area (Å²) in [4.78, 5) is 19.8. The normalized spacial score (nSPS) is 10.8. The van der Waals surface area contributed by atoms with E-state index in [-0.39, 0.29) is 5.91 Å². The van der Waals surface area contributed by atoms with Crippen molar-refractivity contribution >= 4 is 28.7 Å². The lowest BCUT2D eigenvalue weighted by atomic mass is 10.2. The lowest BCUT2D eigenvalue weighted by Crippen LogP contribution is -2.24. The number of imidazole rings is 1. The smallest absolute Gasteiger partial charge is 0.230 e. The van der Waals surface area contributed by atoms with Crippen molar-refractivity contribution in [3.8, 4) is 5.75 Å². The van der Waals surface area contributed by atoms with Crippen LogP contribution in [0.2, 0.25) is 0 Å². The number of thioether (sulfide) groups is 1. The zero-order valence-corrected chi connectivity index (χ0v) is 14.4. The summed E-state index contributed by atoms with van der Waals surface area (Å²) in [6, 6.07) is 13.7. The number of aromatic amines is 1. The van der Waals surface area contributed by atoms with Gasteiger partial charge in [-0.1, -0.05) is 36.0 Å². The predicted octanol–water partition coefficient (Wildman–Crippen LogP) is 3.29. The Labute approximate surface area is 144 Å². The summed E-state index contributed by atoms with van der Waals surface area (Å²) < 4.78 is 5.28. The standard InChI is InChI=1S/C18H19N3O2S/c1-12-7-8-14-15(9-12)21-18(20-14)24-11-17(22)19-10-13-5-3-4-6-16(13)23-2/h3-9H,10-11H2,1-2H3,(H,19,22)(H,20,21). The van der Waals surface area contributed by atoms with Crippen molar-refractivity contribution in [2.75, 3.05) is 12.9 Å². The number of para-hydroxylation sites is 1. The van der Waals surface area contributed by atoms with Crippen LogP contribution in [0.15, 0.2) is 47.6 Å². The largest absolute Gasteiger partial charge is 0.496 e. The molecule has 3 rings (SSSR count). The van der Waals surface area contributed by atoms with Gasteiger partial charge < -0.3 is 15.0 Å². The van der Waals surface area contributed by atoms with Crippen LogP contribution >= 0.6 is 11.8 Å². The lowest BCUT2D eigenvalue weighted by molar-refractivity contribution is -0.118. The van der Waals surface area contributed by atoms with Gasteiger partial charge in [0.05, 0.1) is 23.9 Å². The van der Waals surface area contributed by atoms with Crippen molar-refractivity contribution in [2.45, 2.75) is 18.6 Å². The number of carbonyl (C=O) groups is 1. The Bertz CT molecular complexity index is 860. The van der Waals surface area contributed by atoms with E-state index < -0.39 is 0 Å². The van der Waals surface area contributed by atoms with Crippen LogP contribution in [0.1, 0.15) is 11.1 Å². The van der Waals surface area contributed by atoms with Crippen molar-refractivity contribution in [1.29, 1.82) is 0 Å². The summed E-state index contributed by atoms with van der Waals surface area (Å²) in [5.74, 6) is 1.05. The Hall–Kier alpha value is -2.47. The molecular formula is C18H19N3O2S. The number of rotatable bonds is 6. The number of hydrogen-bond donors (Lipinski definition) is 2. The number of aryl methyl sites for hydroxylation is 1. The summed E-state index contributed by atoms with van der Waals surface area (Å²) in [6.07, 6.45) is 0. The van der Waals surface area contributed by atoms with Gasteiger partial charge in [-0.25, -0.2) is 4.98 Å². The fraction of sp³-hybridized carbons (Fsp3) is 0.222. The molecule has 0 spiro atoms. The van der Waals surface area contributed by atoms with Gasteiger partial charge in [-0.15, -0.1) is 0 Å². The molecule has 0 atom stereocenters. The average Bonchev–Trinajstić information content (AvgIpc) is 3.00. The highest BCUT2D eigenvalue weighted by Crippen LogP contribution is 2.20. The SMILES string of the molecule is COc1ccccc1CNC(=O)CSc1nc2ccc(C)cc2[nH]1. The highest BCUT2D eigenvalue weighted by molar-refractivity contribution is 7.99. The quantitative estimate of drug-likeness (QED) is 0.675. The molecule has 3 aromatic rings. The molecule has 1 heterocycles. The molecule has 0 aliphatic heterocycles. The van der Waals surface area contributed by atoms with Crippen LogP contribution in [0, 0.1) is 6.92 Å². The Kier molecular flexibility index (Phi) is 5.05. The third-order valence-corrected chi connectivity index (χ3v) is 4.50. The molecule has 0 aliphatic carbocycles. The van der Waals surface area contributed by atoms with Crippen molar-refractivity contribution in [3.05, 3.63) is 53.6 Å². The molecule has 1 aromatic heterocycles. The van der Waals surface area contributed by atoms with Crippen LogP contribution in [0.4, 0.5) is 0 Å². The summed E-state index contributed by atoms with van der Waals surface area (Å²) in [7, 11) is 1.62. The first-order chi connectivity index (χ1) is 11.7.